The third-order valence-corrected chi connectivity index (χ3v) is 5.56. The zero-order chi connectivity index (χ0) is 21.3. The van der Waals surface area contributed by atoms with E-state index in [2.05, 4.69) is 17.6 Å². The van der Waals surface area contributed by atoms with E-state index in [0.29, 0.717) is 5.92 Å². The quantitative estimate of drug-likeness (QED) is 0.506. The van der Waals surface area contributed by atoms with Crippen molar-refractivity contribution >= 4 is 23.0 Å². The molecule has 8 nitrogen and oxygen atoms in total. The van der Waals surface area contributed by atoms with Crippen molar-refractivity contribution in [3.05, 3.63) is 43.7 Å². The number of phenols is 1. The molecule has 2 aromatic carbocycles. The van der Waals surface area contributed by atoms with E-state index in [0.717, 1.165) is 25.7 Å². The van der Waals surface area contributed by atoms with Gasteiger partial charge in [0, 0.05) is 20.1 Å². The average Bonchev–Trinajstić information content (AvgIpc) is 3.17. The molecule has 1 aliphatic rings. The van der Waals surface area contributed by atoms with Gasteiger partial charge in [-0.2, -0.15) is 5.26 Å². The van der Waals surface area contributed by atoms with Crippen LogP contribution in [-0.2, 0) is 0 Å². The van der Waals surface area contributed by atoms with Gasteiger partial charge in [-0.15, -0.1) is 0 Å². The third kappa shape index (κ3) is 3.68. The van der Waals surface area contributed by atoms with E-state index < -0.39 is 16.8 Å². The lowest BCUT2D eigenvalue weighted by Crippen LogP contribution is -2.39. The van der Waals surface area contributed by atoms with Crippen LogP contribution < -0.4 is 21.5 Å². The first-order valence-corrected chi connectivity index (χ1v) is 9.64. The summed E-state index contributed by atoms with van der Waals surface area (Å²) in [7, 11) is 3.05. The summed E-state index contributed by atoms with van der Waals surface area (Å²) in [4.78, 5) is 37.9. The molecular formula is C21H24N4O4. The first-order chi connectivity index (χ1) is 13.8. The number of hydrogen-bond acceptors (Lipinski definition) is 7. The van der Waals surface area contributed by atoms with Gasteiger partial charge < -0.3 is 20.6 Å². The van der Waals surface area contributed by atoms with Crippen molar-refractivity contribution in [2.45, 2.75) is 38.6 Å². The maximum absolute atomic E-state index is 12.3. The normalized spacial score (nSPS) is 18.4. The summed E-state index contributed by atoms with van der Waals surface area (Å²) in [6.45, 7) is 2.10. The molecule has 0 heterocycles. The summed E-state index contributed by atoms with van der Waals surface area (Å²) in [6, 6.07) is 4.68. The fourth-order valence-electron chi connectivity index (χ4n) is 3.88. The second-order valence-electron chi connectivity index (χ2n) is 7.61. The Morgan fingerprint density at radius 1 is 1.24 bits per heavy atom. The smallest absolute Gasteiger partial charge is 0.257 e. The predicted molar refractivity (Wildman–Crippen MR) is 111 cm³/mol. The summed E-state index contributed by atoms with van der Waals surface area (Å²) in [5.41, 5.74) is -0.941. The molecule has 2 aromatic rings. The molecule has 1 saturated carbocycles. The Morgan fingerprint density at radius 3 is 2.55 bits per heavy atom. The monoisotopic (exact) mass is 396 g/mol. The number of phenolic OH excluding ortho intramolecular Hbond substituents is 1. The maximum Gasteiger partial charge on any atom is 0.257 e. The van der Waals surface area contributed by atoms with Gasteiger partial charge in [-0.1, -0.05) is 19.8 Å². The van der Waals surface area contributed by atoms with Gasteiger partial charge >= 0.3 is 0 Å². The van der Waals surface area contributed by atoms with Crippen LogP contribution in [0, 0.1) is 17.2 Å². The van der Waals surface area contributed by atoms with Gasteiger partial charge in [-0.25, -0.2) is 0 Å². The number of carbonyl (C=O) groups is 1. The number of benzene rings is 1. The van der Waals surface area contributed by atoms with Crippen molar-refractivity contribution in [3.63, 3.8) is 0 Å². The Labute approximate surface area is 168 Å². The van der Waals surface area contributed by atoms with Crippen LogP contribution >= 0.6 is 0 Å². The van der Waals surface area contributed by atoms with E-state index in [9.17, 15) is 24.8 Å². The molecule has 0 spiro atoms. The van der Waals surface area contributed by atoms with Gasteiger partial charge in [-0.05, 0) is 30.9 Å². The lowest BCUT2D eigenvalue weighted by Gasteiger charge is -2.24. The number of anilines is 3. The average molecular weight is 396 g/mol. The molecule has 1 aliphatic carbocycles. The Morgan fingerprint density at radius 2 is 1.93 bits per heavy atom. The number of rotatable bonds is 6. The molecule has 8 heteroatoms. The summed E-state index contributed by atoms with van der Waals surface area (Å²) < 4.78 is 0. The van der Waals surface area contributed by atoms with E-state index in [1.165, 1.54) is 31.1 Å². The van der Waals surface area contributed by atoms with Crippen LogP contribution in [0.3, 0.4) is 0 Å². The van der Waals surface area contributed by atoms with Crippen LogP contribution in [-0.4, -0.2) is 36.1 Å². The fourth-order valence-corrected chi connectivity index (χ4v) is 3.88. The molecule has 3 rings (SSSR count). The molecule has 0 saturated heterocycles. The summed E-state index contributed by atoms with van der Waals surface area (Å²) in [6.07, 6.45) is 4.05. The molecule has 29 heavy (non-hydrogen) atoms. The highest BCUT2D eigenvalue weighted by atomic mass is 16.3. The van der Waals surface area contributed by atoms with Gasteiger partial charge in [0.2, 0.25) is 0 Å². The molecule has 2 atom stereocenters. The molecule has 1 fully saturated rings. The summed E-state index contributed by atoms with van der Waals surface area (Å²) in [5, 5.41) is 25.8. The van der Waals surface area contributed by atoms with E-state index in [1.54, 1.807) is 0 Å². The first kappa shape index (κ1) is 20.4. The Balaban J connectivity index is 1.95. The highest BCUT2D eigenvalue weighted by molar-refractivity contribution is 5.99. The van der Waals surface area contributed by atoms with E-state index >= 15 is 0 Å². The Kier molecular flexibility index (Phi) is 5.59. The Hall–Kier alpha value is -3.34. The number of nitrogens with one attached hydrogen (secondary N) is 2. The van der Waals surface area contributed by atoms with Gasteiger partial charge in [0.05, 0.1) is 22.9 Å². The molecule has 0 unspecified atom stereocenters. The maximum atomic E-state index is 12.3. The van der Waals surface area contributed by atoms with Gasteiger partial charge in [0.25, 0.3) is 16.8 Å². The number of nitrogens with zero attached hydrogens (tertiary/aromatic N) is 2. The summed E-state index contributed by atoms with van der Waals surface area (Å²) >= 11 is 0. The topological polar surface area (TPSA) is 123 Å². The van der Waals surface area contributed by atoms with E-state index in [1.807, 2.05) is 6.07 Å². The van der Waals surface area contributed by atoms with Crippen molar-refractivity contribution in [2.75, 3.05) is 24.7 Å². The van der Waals surface area contributed by atoms with Crippen LogP contribution in [0.5, 0.6) is 5.75 Å². The predicted octanol–water partition coefficient (Wildman–Crippen LogP) is 2.30. The van der Waals surface area contributed by atoms with Crippen LogP contribution in [0.25, 0.3) is 0 Å². The standard InChI is InChI=1S/C21H24N4O4/c1-4-12-6-5-7-14(12)23-16-17(20(28)19(16)27)24-15-9-11(10-22)8-13(18(15)26)21(29)25(2)3/h8-9,12,14,23-24,26H,4-7H2,1-3H3/t12-,14-/m0/s1. The Bertz CT molecular complexity index is 1060. The second kappa shape index (κ2) is 7.95. The molecule has 0 radical (unpaired) electrons. The van der Waals surface area contributed by atoms with Crippen molar-refractivity contribution in [1.29, 1.82) is 5.26 Å². The highest BCUT2D eigenvalue weighted by Crippen LogP contribution is 2.35. The largest absolute Gasteiger partial charge is 0.505 e. The third-order valence-electron chi connectivity index (χ3n) is 5.56. The molecule has 0 bridgehead atoms. The molecule has 0 aliphatic heterocycles. The first-order valence-electron chi connectivity index (χ1n) is 9.64. The van der Waals surface area contributed by atoms with Crippen molar-refractivity contribution in [2.24, 2.45) is 5.92 Å². The minimum atomic E-state index is -0.694. The van der Waals surface area contributed by atoms with Gasteiger partial charge in [0.1, 0.15) is 11.4 Å². The van der Waals surface area contributed by atoms with Crippen LogP contribution in [0.2, 0.25) is 0 Å². The minimum absolute atomic E-state index is 0.0304. The van der Waals surface area contributed by atoms with Crippen LogP contribution in [0.1, 0.15) is 48.5 Å². The lowest BCUT2D eigenvalue weighted by molar-refractivity contribution is 0.0824. The number of nitriles is 1. The fraction of sp³-hybridized carbons (Fsp3) is 0.429. The zero-order valence-electron chi connectivity index (χ0n) is 16.7. The number of aromatic hydroxyl groups is 1. The van der Waals surface area contributed by atoms with Crippen molar-refractivity contribution in [3.8, 4) is 11.8 Å². The number of hydrogen-bond donors (Lipinski definition) is 3. The van der Waals surface area contributed by atoms with Crippen LogP contribution in [0.4, 0.5) is 17.1 Å². The molecule has 1 amide bonds. The van der Waals surface area contributed by atoms with Crippen molar-refractivity contribution < 1.29 is 9.90 Å². The second-order valence-corrected chi connectivity index (χ2v) is 7.61. The minimum Gasteiger partial charge on any atom is -0.505 e. The molecule has 0 aromatic heterocycles. The zero-order valence-corrected chi connectivity index (χ0v) is 16.7. The van der Waals surface area contributed by atoms with Gasteiger partial charge in [0.15, 0.2) is 5.75 Å². The molecule has 3 N–H and O–H groups in total. The van der Waals surface area contributed by atoms with E-state index in [-0.39, 0.29) is 40.0 Å². The molecular weight excluding hydrogens is 372 g/mol. The van der Waals surface area contributed by atoms with Crippen molar-refractivity contribution in [1.82, 2.24) is 4.90 Å². The number of carbonyl (C=O) groups excluding carboxylic acids is 1. The molecule has 152 valence electrons. The number of amides is 1. The summed E-state index contributed by atoms with van der Waals surface area (Å²) in [5.74, 6) is -0.427. The van der Waals surface area contributed by atoms with Crippen LogP contribution in [0.15, 0.2) is 21.7 Å². The van der Waals surface area contributed by atoms with Gasteiger partial charge in [-0.3, -0.25) is 14.4 Å². The van der Waals surface area contributed by atoms with E-state index in [4.69, 9.17) is 0 Å². The lowest BCUT2D eigenvalue weighted by atomic mass is 9.99. The highest BCUT2D eigenvalue weighted by Gasteiger charge is 2.30. The SMILES string of the molecule is CC[C@H]1CCC[C@@H]1Nc1c(Nc2cc(C#N)cc(C(=O)N(C)C)c2O)c(=O)c1=O.